The number of hydrogen-bond donors (Lipinski definition) is 1. The van der Waals surface area contributed by atoms with Crippen LogP contribution in [0.15, 0.2) is 52.1 Å². The molecule has 0 fully saturated rings. The lowest BCUT2D eigenvalue weighted by Gasteiger charge is -2.11. The lowest BCUT2D eigenvalue weighted by atomic mass is 10.2. The molecule has 3 aromatic rings. The Labute approximate surface area is 170 Å². The molecule has 0 saturated carbocycles. The summed E-state index contributed by atoms with van der Waals surface area (Å²) in [4.78, 5) is 12.3. The van der Waals surface area contributed by atoms with Gasteiger partial charge in [-0.15, -0.1) is 10.2 Å². The van der Waals surface area contributed by atoms with Crippen molar-refractivity contribution < 1.29 is 18.3 Å². The van der Waals surface area contributed by atoms with Gasteiger partial charge < -0.3 is 14.5 Å². The van der Waals surface area contributed by atoms with Crippen LogP contribution in [0.2, 0.25) is 5.02 Å². The first-order valence-electron chi connectivity index (χ1n) is 8.45. The second-order valence-corrected chi connectivity index (χ2v) is 7.40. The molecule has 1 unspecified atom stereocenters. The first-order chi connectivity index (χ1) is 13.5. The highest BCUT2D eigenvalue weighted by atomic mass is 35.5. The van der Waals surface area contributed by atoms with Crippen LogP contribution in [0.3, 0.4) is 0 Å². The van der Waals surface area contributed by atoms with E-state index in [-0.39, 0.29) is 16.2 Å². The van der Waals surface area contributed by atoms with Gasteiger partial charge in [-0.3, -0.25) is 4.79 Å². The highest BCUT2D eigenvalue weighted by molar-refractivity contribution is 8.00. The number of aromatic nitrogens is 2. The van der Waals surface area contributed by atoms with E-state index in [1.807, 2.05) is 31.2 Å². The van der Waals surface area contributed by atoms with Gasteiger partial charge in [0.2, 0.25) is 11.8 Å². The van der Waals surface area contributed by atoms with Crippen molar-refractivity contribution in [3.05, 3.63) is 53.3 Å². The molecule has 9 heteroatoms. The van der Waals surface area contributed by atoms with Crippen LogP contribution in [0.25, 0.3) is 11.5 Å². The molecule has 6 nitrogen and oxygen atoms in total. The first kappa shape index (κ1) is 20.2. The molecule has 1 heterocycles. The van der Waals surface area contributed by atoms with Gasteiger partial charge in [0.25, 0.3) is 5.22 Å². The smallest absolute Gasteiger partial charge is 0.277 e. The van der Waals surface area contributed by atoms with Crippen LogP contribution in [0, 0.1) is 5.82 Å². The number of ether oxygens (including phenoxy) is 1. The SMILES string of the molecule is CCOc1ccc(-c2nnc(SC(C)C(=O)Nc3ccc(F)cc3Cl)o2)cc1. The molecule has 0 aliphatic rings. The summed E-state index contributed by atoms with van der Waals surface area (Å²) in [5.74, 6) is 0.308. The summed E-state index contributed by atoms with van der Waals surface area (Å²) in [6.07, 6.45) is 0. The predicted molar refractivity (Wildman–Crippen MR) is 106 cm³/mol. The summed E-state index contributed by atoms with van der Waals surface area (Å²) in [6, 6.07) is 11.0. The Balaban J connectivity index is 1.62. The number of halogens is 2. The summed E-state index contributed by atoms with van der Waals surface area (Å²) < 4.78 is 24.1. The normalized spacial score (nSPS) is 11.9. The van der Waals surface area contributed by atoms with Gasteiger partial charge in [0.05, 0.1) is 22.6 Å². The maximum absolute atomic E-state index is 13.1. The Morgan fingerprint density at radius 2 is 2.04 bits per heavy atom. The largest absolute Gasteiger partial charge is 0.494 e. The zero-order valence-electron chi connectivity index (χ0n) is 15.1. The third kappa shape index (κ3) is 5.02. The molecule has 2 aromatic carbocycles. The summed E-state index contributed by atoms with van der Waals surface area (Å²) in [6.45, 7) is 4.19. The zero-order chi connectivity index (χ0) is 20.1. The third-order valence-corrected chi connectivity index (χ3v) is 4.90. The highest BCUT2D eigenvalue weighted by Crippen LogP contribution is 2.29. The number of amides is 1. The van der Waals surface area contributed by atoms with Crippen LogP contribution in [0.1, 0.15) is 13.8 Å². The lowest BCUT2D eigenvalue weighted by Crippen LogP contribution is -2.22. The number of thioether (sulfide) groups is 1. The van der Waals surface area contributed by atoms with Crippen molar-refractivity contribution in [2.24, 2.45) is 0 Å². The molecule has 1 N–H and O–H groups in total. The molecular formula is C19H17ClFN3O3S. The van der Waals surface area contributed by atoms with Crippen LogP contribution < -0.4 is 10.1 Å². The van der Waals surface area contributed by atoms with E-state index in [2.05, 4.69) is 15.5 Å². The fourth-order valence-corrected chi connectivity index (χ4v) is 3.16. The van der Waals surface area contributed by atoms with E-state index in [0.717, 1.165) is 29.1 Å². The maximum Gasteiger partial charge on any atom is 0.277 e. The van der Waals surface area contributed by atoms with Crippen molar-refractivity contribution >= 4 is 35.0 Å². The Morgan fingerprint density at radius 1 is 1.29 bits per heavy atom. The van der Waals surface area contributed by atoms with E-state index in [9.17, 15) is 9.18 Å². The molecule has 0 radical (unpaired) electrons. The molecule has 0 spiro atoms. The van der Waals surface area contributed by atoms with Crippen molar-refractivity contribution in [3.8, 4) is 17.2 Å². The molecule has 0 aliphatic carbocycles. The maximum atomic E-state index is 13.1. The number of carbonyl (C=O) groups excluding carboxylic acids is 1. The number of anilines is 1. The van der Waals surface area contributed by atoms with Crippen molar-refractivity contribution in [1.29, 1.82) is 0 Å². The average molecular weight is 422 g/mol. The Hall–Kier alpha value is -2.58. The van der Waals surface area contributed by atoms with Gasteiger partial charge in [-0.2, -0.15) is 0 Å². The summed E-state index contributed by atoms with van der Waals surface area (Å²) >= 11 is 7.04. The lowest BCUT2D eigenvalue weighted by molar-refractivity contribution is -0.115. The van der Waals surface area contributed by atoms with E-state index < -0.39 is 11.1 Å². The minimum Gasteiger partial charge on any atom is -0.494 e. The monoisotopic (exact) mass is 421 g/mol. The summed E-state index contributed by atoms with van der Waals surface area (Å²) in [7, 11) is 0. The third-order valence-electron chi connectivity index (χ3n) is 3.65. The summed E-state index contributed by atoms with van der Waals surface area (Å²) in [5.41, 5.74) is 1.08. The Bertz CT molecular complexity index is 965. The predicted octanol–water partition coefficient (Wildman–Crippen LogP) is 5.05. The van der Waals surface area contributed by atoms with Gasteiger partial charge >= 0.3 is 0 Å². The van der Waals surface area contributed by atoms with E-state index in [0.29, 0.717) is 18.2 Å². The van der Waals surface area contributed by atoms with Gasteiger partial charge in [-0.1, -0.05) is 23.4 Å². The van der Waals surface area contributed by atoms with Gasteiger partial charge in [0.15, 0.2) is 0 Å². The highest BCUT2D eigenvalue weighted by Gasteiger charge is 2.20. The average Bonchev–Trinajstić information content (AvgIpc) is 3.13. The van der Waals surface area contributed by atoms with Crippen molar-refractivity contribution in [2.45, 2.75) is 24.3 Å². The van der Waals surface area contributed by atoms with Crippen LogP contribution in [-0.4, -0.2) is 28.0 Å². The molecule has 1 atom stereocenters. The van der Waals surface area contributed by atoms with Crippen molar-refractivity contribution in [2.75, 3.05) is 11.9 Å². The molecule has 1 aromatic heterocycles. The van der Waals surface area contributed by atoms with E-state index in [1.165, 1.54) is 12.1 Å². The van der Waals surface area contributed by atoms with Crippen LogP contribution in [0.4, 0.5) is 10.1 Å². The number of rotatable bonds is 7. The number of nitrogens with one attached hydrogen (secondary N) is 1. The minimum absolute atomic E-state index is 0.126. The van der Waals surface area contributed by atoms with Crippen molar-refractivity contribution in [1.82, 2.24) is 10.2 Å². The zero-order valence-corrected chi connectivity index (χ0v) is 16.7. The molecule has 28 heavy (non-hydrogen) atoms. The Kier molecular flexibility index (Phi) is 6.53. The van der Waals surface area contributed by atoms with Crippen LogP contribution >= 0.6 is 23.4 Å². The molecule has 0 bridgehead atoms. The molecule has 3 rings (SSSR count). The Morgan fingerprint density at radius 3 is 2.71 bits per heavy atom. The topological polar surface area (TPSA) is 77.2 Å². The second-order valence-electron chi connectivity index (χ2n) is 5.70. The van der Waals surface area contributed by atoms with Gasteiger partial charge in [0.1, 0.15) is 11.6 Å². The number of nitrogens with zero attached hydrogens (tertiary/aromatic N) is 2. The van der Waals surface area contributed by atoms with Crippen LogP contribution in [-0.2, 0) is 4.79 Å². The van der Waals surface area contributed by atoms with Gasteiger partial charge in [-0.05, 0) is 56.3 Å². The van der Waals surface area contributed by atoms with Gasteiger partial charge in [0, 0.05) is 5.56 Å². The number of hydrogen-bond acceptors (Lipinski definition) is 6. The van der Waals surface area contributed by atoms with E-state index in [4.69, 9.17) is 20.8 Å². The quantitative estimate of drug-likeness (QED) is 0.538. The van der Waals surface area contributed by atoms with Crippen LogP contribution in [0.5, 0.6) is 5.75 Å². The fraction of sp³-hybridized carbons (Fsp3) is 0.211. The summed E-state index contributed by atoms with van der Waals surface area (Å²) in [5, 5.41) is 10.5. The number of carbonyl (C=O) groups is 1. The number of benzene rings is 2. The standard InChI is InChI=1S/C19H17ClFN3O3S/c1-3-26-14-7-4-12(5-8-14)18-23-24-19(27-18)28-11(2)17(25)22-16-9-6-13(21)10-15(16)20/h4-11H,3H2,1-2H3,(H,22,25). The molecule has 1 amide bonds. The molecule has 0 aliphatic heterocycles. The molecule has 146 valence electrons. The van der Waals surface area contributed by atoms with E-state index >= 15 is 0 Å². The minimum atomic E-state index is -0.533. The molecular weight excluding hydrogens is 405 g/mol. The molecule has 0 saturated heterocycles. The van der Waals surface area contributed by atoms with E-state index in [1.54, 1.807) is 6.92 Å². The van der Waals surface area contributed by atoms with Gasteiger partial charge in [-0.25, -0.2) is 4.39 Å². The van der Waals surface area contributed by atoms with Crippen molar-refractivity contribution in [3.63, 3.8) is 0 Å². The second kappa shape index (κ2) is 9.07. The first-order valence-corrected chi connectivity index (χ1v) is 9.71. The fourth-order valence-electron chi connectivity index (χ4n) is 2.26.